The number of hydrogen-bond donors (Lipinski definition) is 0. The van der Waals surface area contributed by atoms with Crippen molar-refractivity contribution in [3.05, 3.63) is 58.8 Å². The number of halogens is 5. The number of ether oxygens (including phenoxy) is 1. The molecule has 0 aliphatic heterocycles. The number of aromatic nitrogens is 3. The zero-order valence-electron chi connectivity index (χ0n) is 11.8. The Morgan fingerprint density at radius 2 is 1.62 bits per heavy atom. The van der Waals surface area contributed by atoms with Gasteiger partial charge in [-0.05, 0) is 35.9 Å². The summed E-state index contributed by atoms with van der Waals surface area (Å²) < 4.78 is 42.7. The summed E-state index contributed by atoms with van der Waals surface area (Å²) in [6, 6.07) is 12.3. The van der Waals surface area contributed by atoms with Crippen molar-refractivity contribution < 1.29 is 17.9 Å². The van der Waals surface area contributed by atoms with Gasteiger partial charge in [-0.3, -0.25) is 0 Å². The van der Waals surface area contributed by atoms with E-state index in [1.807, 2.05) is 0 Å². The Kier molecular flexibility index (Phi) is 4.38. The van der Waals surface area contributed by atoms with Crippen LogP contribution in [0.4, 0.5) is 13.2 Å². The molecule has 0 spiro atoms. The summed E-state index contributed by atoms with van der Waals surface area (Å²) in [5, 5.41) is 4.42. The second-order valence-corrected chi connectivity index (χ2v) is 5.36. The van der Waals surface area contributed by atoms with Gasteiger partial charge in [0.25, 0.3) is 0 Å². The molecule has 124 valence electrons. The van der Waals surface area contributed by atoms with Crippen molar-refractivity contribution in [3.63, 3.8) is 0 Å². The molecule has 0 saturated carbocycles. The van der Waals surface area contributed by atoms with Crippen LogP contribution >= 0.6 is 23.2 Å². The molecule has 0 amide bonds. The molecule has 0 radical (unpaired) electrons. The number of alkyl halides is 3. The van der Waals surface area contributed by atoms with Crippen LogP contribution in [0, 0.1) is 0 Å². The summed E-state index contributed by atoms with van der Waals surface area (Å²) in [6.45, 7) is 0. The largest absolute Gasteiger partial charge is 0.573 e. The topological polar surface area (TPSA) is 39.9 Å². The third-order valence-electron chi connectivity index (χ3n) is 3.00. The molecule has 0 aliphatic rings. The first kappa shape index (κ1) is 16.6. The minimum absolute atomic E-state index is 0.00521. The summed E-state index contributed by atoms with van der Waals surface area (Å²) >= 11 is 12.1. The lowest BCUT2D eigenvalue weighted by Gasteiger charge is -2.12. The molecule has 0 N–H and O–H groups in total. The van der Waals surface area contributed by atoms with E-state index in [-0.39, 0.29) is 16.8 Å². The fraction of sp³-hybridized carbons (Fsp3) is 0.0667. The van der Waals surface area contributed by atoms with E-state index >= 15 is 0 Å². The standard InChI is InChI=1S/C15H8Cl2F3N3O/c16-10-6-2-1-5-9(10)13-21-14(17)23(22-13)11-7-3-4-8-12(11)24-15(18,19)20/h1-8H. The highest BCUT2D eigenvalue weighted by molar-refractivity contribution is 6.33. The van der Waals surface area contributed by atoms with Gasteiger partial charge >= 0.3 is 6.36 Å². The van der Waals surface area contributed by atoms with E-state index in [4.69, 9.17) is 23.2 Å². The molecular weight excluding hydrogens is 366 g/mol. The predicted molar refractivity (Wildman–Crippen MR) is 83.5 cm³/mol. The number of para-hydroxylation sites is 2. The van der Waals surface area contributed by atoms with Crippen molar-refractivity contribution in [1.82, 2.24) is 14.8 Å². The molecule has 2 aromatic carbocycles. The Morgan fingerprint density at radius 3 is 2.33 bits per heavy atom. The molecule has 0 bridgehead atoms. The molecule has 0 unspecified atom stereocenters. The molecule has 9 heteroatoms. The van der Waals surface area contributed by atoms with Crippen LogP contribution in [-0.2, 0) is 0 Å². The van der Waals surface area contributed by atoms with E-state index < -0.39 is 12.1 Å². The van der Waals surface area contributed by atoms with Crippen molar-refractivity contribution in [2.24, 2.45) is 0 Å². The average Bonchev–Trinajstić information content (AvgIpc) is 2.88. The third kappa shape index (κ3) is 3.47. The predicted octanol–water partition coefficient (Wildman–Crippen LogP) is 5.14. The first-order valence-electron chi connectivity index (χ1n) is 6.58. The van der Waals surface area contributed by atoms with Crippen molar-refractivity contribution in [3.8, 4) is 22.8 Å². The Hall–Kier alpha value is -2.25. The quantitative estimate of drug-likeness (QED) is 0.638. The van der Waals surface area contributed by atoms with Crippen molar-refractivity contribution in [1.29, 1.82) is 0 Å². The third-order valence-corrected chi connectivity index (χ3v) is 3.58. The number of benzene rings is 2. The van der Waals surface area contributed by atoms with Crippen molar-refractivity contribution >= 4 is 23.2 Å². The maximum absolute atomic E-state index is 12.5. The molecule has 3 aromatic rings. The minimum Gasteiger partial charge on any atom is -0.403 e. The highest BCUT2D eigenvalue weighted by Gasteiger charge is 2.32. The summed E-state index contributed by atoms with van der Waals surface area (Å²) in [7, 11) is 0. The molecule has 3 rings (SSSR count). The highest BCUT2D eigenvalue weighted by atomic mass is 35.5. The Labute approximate surface area is 144 Å². The van der Waals surface area contributed by atoms with E-state index in [0.717, 1.165) is 10.7 Å². The Bertz CT molecular complexity index is 880. The van der Waals surface area contributed by atoms with Gasteiger partial charge in [0.2, 0.25) is 5.28 Å². The normalized spacial score (nSPS) is 11.5. The molecule has 1 aromatic heterocycles. The van der Waals surface area contributed by atoms with Crippen LogP contribution in [-0.4, -0.2) is 21.1 Å². The smallest absolute Gasteiger partial charge is 0.403 e. The van der Waals surface area contributed by atoms with E-state index in [9.17, 15) is 13.2 Å². The molecule has 1 heterocycles. The van der Waals surface area contributed by atoms with Gasteiger partial charge in [0, 0.05) is 5.56 Å². The van der Waals surface area contributed by atoms with Gasteiger partial charge in [0.05, 0.1) is 5.02 Å². The molecule has 24 heavy (non-hydrogen) atoms. The van der Waals surface area contributed by atoms with Gasteiger partial charge in [-0.15, -0.1) is 18.3 Å². The van der Waals surface area contributed by atoms with Crippen LogP contribution < -0.4 is 4.74 Å². The van der Waals surface area contributed by atoms with Gasteiger partial charge in [-0.2, -0.15) is 9.67 Å². The molecule has 0 aliphatic carbocycles. The van der Waals surface area contributed by atoms with Crippen molar-refractivity contribution in [2.45, 2.75) is 6.36 Å². The number of rotatable bonds is 3. The summed E-state index contributed by atoms with van der Waals surface area (Å²) in [5.41, 5.74) is 0.514. The van der Waals surface area contributed by atoms with Gasteiger partial charge in [0.1, 0.15) is 5.69 Å². The lowest BCUT2D eigenvalue weighted by Crippen LogP contribution is -2.18. The first-order valence-corrected chi connectivity index (χ1v) is 7.33. The molecule has 4 nitrogen and oxygen atoms in total. The van der Waals surface area contributed by atoms with Crippen LogP contribution in [0.5, 0.6) is 5.75 Å². The van der Waals surface area contributed by atoms with Gasteiger partial charge in [-0.1, -0.05) is 35.9 Å². The Balaban J connectivity index is 2.08. The summed E-state index contributed by atoms with van der Waals surface area (Å²) in [5.74, 6) is -0.255. The summed E-state index contributed by atoms with van der Waals surface area (Å²) in [4.78, 5) is 4.05. The lowest BCUT2D eigenvalue weighted by atomic mass is 10.2. The molecule has 0 saturated heterocycles. The second kappa shape index (κ2) is 6.33. The van der Waals surface area contributed by atoms with Crippen LogP contribution in [0.3, 0.4) is 0 Å². The molecule has 0 atom stereocenters. The van der Waals surface area contributed by atoms with Gasteiger partial charge < -0.3 is 4.74 Å². The van der Waals surface area contributed by atoms with E-state index in [0.29, 0.717) is 10.6 Å². The number of hydrogen-bond acceptors (Lipinski definition) is 3. The number of nitrogens with zero attached hydrogens (tertiary/aromatic N) is 3. The monoisotopic (exact) mass is 373 g/mol. The Morgan fingerprint density at radius 1 is 0.958 bits per heavy atom. The first-order chi connectivity index (χ1) is 11.3. The van der Waals surface area contributed by atoms with Gasteiger partial charge in [-0.25, -0.2) is 0 Å². The van der Waals surface area contributed by atoms with E-state index in [1.54, 1.807) is 24.3 Å². The zero-order chi connectivity index (χ0) is 17.3. The summed E-state index contributed by atoms with van der Waals surface area (Å²) in [6.07, 6.45) is -4.84. The second-order valence-electron chi connectivity index (χ2n) is 4.61. The maximum Gasteiger partial charge on any atom is 0.573 e. The lowest BCUT2D eigenvalue weighted by molar-refractivity contribution is -0.274. The molecule has 0 fully saturated rings. The van der Waals surface area contributed by atoms with Crippen LogP contribution in [0.15, 0.2) is 48.5 Å². The van der Waals surface area contributed by atoms with Crippen LogP contribution in [0.25, 0.3) is 17.1 Å². The maximum atomic E-state index is 12.5. The molecular formula is C15H8Cl2F3N3O. The van der Waals surface area contributed by atoms with Gasteiger partial charge in [0.15, 0.2) is 11.6 Å². The SMILES string of the molecule is FC(F)(F)Oc1ccccc1-n1nc(-c2ccccc2Cl)nc1Cl. The van der Waals surface area contributed by atoms with Crippen molar-refractivity contribution in [2.75, 3.05) is 0 Å². The van der Waals surface area contributed by atoms with E-state index in [1.165, 1.54) is 18.2 Å². The average molecular weight is 374 g/mol. The highest BCUT2D eigenvalue weighted by Crippen LogP contribution is 2.32. The van der Waals surface area contributed by atoms with Crippen LogP contribution in [0.1, 0.15) is 0 Å². The van der Waals surface area contributed by atoms with Crippen LogP contribution in [0.2, 0.25) is 10.3 Å². The van der Waals surface area contributed by atoms with E-state index in [2.05, 4.69) is 14.8 Å². The minimum atomic E-state index is -4.84. The fourth-order valence-electron chi connectivity index (χ4n) is 2.05. The fourth-order valence-corrected chi connectivity index (χ4v) is 2.48. The zero-order valence-corrected chi connectivity index (χ0v) is 13.3.